The predicted octanol–water partition coefficient (Wildman–Crippen LogP) is 2.23. The number of fused-ring (bicyclic) bond motifs is 3. The third kappa shape index (κ3) is 2.72. The zero-order chi connectivity index (χ0) is 18.6. The Morgan fingerprint density at radius 3 is 2.65 bits per heavy atom. The van der Waals surface area contributed by atoms with Crippen molar-refractivity contribution in [3.63, 3.8) is 0 Å². The Morgan fingerprint density at radius 2 is 1.96 bits per heavy atom. The van der Waals surface area contributed by atoms with Crippen molar-refractivity contribution in [3.05, 3.63) is 27.3 Å². The summed E-state index contributed by atoms with van der Waals surface area (Å²) in [6.45, 7) is 9.86. The summed E-state index contributed by atoms with van der Waals surface area (Å²) in [5.41, 5.74) is 1.35. The molecule has 0 unspecified atom stereocenters. The quantitative estimate of drug-likeness (QED) is 0.690. The van der Waals surface area contributed by atoms with Crippen molar-refractivity contribution in [1.82, 2.24) is 24.1 Å². The number of likely N-dealkylation sites (tertiary alicyclic amines) is 1. The number of aromatic nitrogens is 4. The van der Waals surface area contributed by atoms with Crippen molar-refractivity contribution < 1.29 is 4.79 Å². The fourth-order valence-electron chi connectivity index (χ4n) is 3.97. The summed E-state index contributed by atoms with van der Waals surface area (Å²) in [6, 6.07) is 0. The molecule has 1 aliphatic rings. The monoisotopic (exact) mass is 373 g/mol. The number of piperidine rings is 1. The molecule has 4 heterocycles. The van der Waals surface area contributed by atoms with Crippen LogP contribution in [-0.4, -0.2) is 43.1 Å². The highest BCUT2D eigenvalue weighted by atomic mass is 32.1. The molecule has 1 amide bonds. The number of carbonyl (C=O) groups excluding carboxylic acids is 1. The summed E-state index contributed by atoms with van der Waals surface area (Å²) < 4.78 is 2.71. The first kappa shape index (κ1) is 17.2. The number of aryl methyl sites for hydroxylation is 2. The van der Waals surface area contributed by atoms with E-state index in [-0.39, 0.29) is 18.1 Å². The Labute approximate surface area is 155 Å². The zero-order valence-electron chi connectivity index (χ0n) is 15.5. The van der Waals surface area contributed by atoms with E-state index in [1.54, 1.807) is 11.3 Å². The minimum Gasteiger partial charge on any atom is -0.341 e. The van der Waals surface area contributed by atoms with Gasteiger partial charge in [0.15, 0.2) is 5.65 Å². The molecule has 0 bridgehead atoms. The maximum absolute atomic E-state index is 12.7. The summed E-state index contributed by atoms with van der Waals surface area (Å²) in [6.07, 6.45) is 2.65. The Kier molecular flexibility index (Phi) is 4.10. The molecule has 138 valence electrons. The van der Waals surface area contributed by atoms with Gasteiger partial charge in [0.1, 0.15) is 17.7 Å². The van der Waals surface area contributed by atoms with Gasteiger partial charge in [0.25, 0.3) is 0 Å². The second-order valence-corrected chi connectivity index (χ2v) is 8.79. The van der Waals surface area contributed by atoms with Crippen LogP contribution in [0.1, 0.15) is 30.7 Å². The van der Waals surface area contributed by atoms with Gasteiger partial charge in [0, 0.05) is 18.0 Å². The van der Waals surface area contributed by atoms with Gasteiger partial charge in [0.05, 0.1) is 5.39 Å². The van der Waals surface area contributed by atoms with Crippen LogP contribution in [0.2, 0.25) is 0 Å². The maximum Gasteiger partial charge on any atom is 0.352 e. The van der Waals surface area contributed by atoms with Crippen LogP contribution in [0.15, 0.2) is 11.1 Å². The summed E-state index contributed by atoms with van der Waals surface area (Å²) in [5, 5.41) is 5.38. The second kappa shape index (κ2) is 6.19. The normalized spacial score (nSPS) is 21.0. The molecule has 7 nitrogen and oxygen atoms in total. The number of thiophene rings is 1. The predicted molar refractivity (Wildman–Crippen MR) is 102 cm³/mol. The molecule has 8 heteroatoms. The Hall–Kier alpha value is -2.22. The zero-order valence-corrected chi connectivity index (χ0v) is 16.3. The molecular formula is C18H23N5O2S. The van der Waals surface area contributed by atoms with Gasteiger partial charge in [-0.1, -0.05) is 13.8 Å². The number of nitrogens with zero attached hydrogens (tertiary/aromatic N) is 5. The van der Waals surface area contributed by atoms with Gasteiger partial charge < -0.3 is 4.90 Å². The van der Waals surface area contributed by atoms with Crippen LogP contribution in [0.3, 0.4) is 0 Å². The molecule has 4 rings (SSSR count). The third-order valence-electron chi connectivity index (χ3n) is 5.26. The molecule has 0 radical (unpaired) electrons. The average Bonchev–Trinajstić information content (AvgIpc) is 3.04. The van der Waals surface area contributed by atoms with Crippen LogP contribution in [0.5, 0.6) is 0 Å². The van der Waals surface area contributed by atoms with E-state index in [9.17, 15) is 9.59 Å². The number of amides is 1. The number of rotatable bonds is 2. The Bertz CT molecular complexity index is 1050. The fraction of sp³-hybridized carbons (Fsp3) is 0.556. The highest BCUT2D eigenvalue weighted by Crippen LogP contribution is 2.30. The second-order valence-electron chi connectivity index (χ2n) is 7.59. The minimum absolute atomic E-state index is 0.0242. The molecule has 1 fully saturated rings. The lowest BCUT2D eigenvalue weighted by Crippen LogP contribution is -2.45. The van der Waals surface area contributed by atoms with E-state index in [0.29, 0.717) is 17.5 Å². The first-order valence-electron chi connectivity index (χ1n) is 8.96. The van der Waals surface area contributed by atoms with E-state index in [2.05, 4.69) is 23.9 Å². The first-order valence-corrected chi connectivity index (χ1v) is 9.78. The smallest absolute Gasteiger partial charge is 0.341 e. The van der Waals surface area contributed by atoms with Gasteiger partial charge in [-0.05, 0) is 37.7 Å². The molecule has 0 saturated carbocycles. The number of hydrogen-bond donors (Lipinski definition) is 0. The van der Waals surface area contributed by atoms with Crippen molar-refractivity contribution >= 4 is 33.1 Å². The summed E-state index contributed by atoms with van der Waals surface area (Å²) in [5.74, 6) is 0.929. The van der Waals surface area contributed by atoms with E-state index < -0.39 is 0 Å². The van der Waals surface area contributed by atoms with E-state index in [1.807, 2.05) is 18.7 Å². The van der Waals surface area contributed by atoms with E-state index >= 15 is 0 Å². The molecule has 0 spiro atoms. The summed E-state index contributed by atoms with van der Waals surface area (Å²) in [7, 11) is 0. The van der Waals surface area contributed by atoms with Crippen LogP contribution in [-0.2, 0) is 11.3 Å². The molecular weight excluding hydrogens is 350 g/mol. The molecule has 1 aliphatic heterocycles. The van der Waals surface area contributed by atoms with Crippen molar-refractivity contribution in [2.45, 2.75) is 40.7 Å². The molecule has 3 aromatic rings. The Morgan fingerprint density at radius 1 is 1.27 bits per heavy atom. The van der Waals surface area contributed by atoms with Crippen molar-refractivity contribution in [2.75, 3.05) is 13.1 Å². The van der Waals surface area contributed by atoms with Crippen LogP contribution >= 0.6 is 11.3 Å². The van der Waals surface area contributed by atoms with Crippen molar-refractivity contribution in [1.29, 1.82) is 0 Å². The molecule has 2 atom stereocenters. The average molecular weight is 373 g/mol. The minimum atomic E-state index is -0.316. The molecule has 26 heavy (non-hydrogen) atoms. The van der Waals surface area contributed by atoms with Crippen molar-refractivity contribution in [2.24, 2.45) is 11.8 Å². The van der Waals surface area contributed by atoms with Gasteiger partial charge in [-0.25, -0.2) is 18.9 Å². The molecule has 3 aromatic heterocycles. The summed E-state index contributed by atoms with van der Waals surface area (Å²) in [4.78, 5) is 33.7. The largest absolute Gasteiger partial charge is 0.352 e. The van der Waals surface area contributed by atoms with Gasteiger partial charge in [-0.15, -0.1) is 16.4 Å². The lowest BCUT2D eigenvalue weighted by atomic mass is 9.92. The lowest BCUT2D eigenvalue weighted by molar-refractivity contribution is -0.134. The number of carbonyl (C=O) groups is 1. The van der Waals surface area contributed by atoms with Crippen LogP contribution in [0.25, 0.3) is 15.9 Å². The van der Waals surface area contributed by atoms with Gasteiger partial charge in [-0.3, -0.25) is 4.79 Å². The van der Waals surface area contributed by atoms with E-state index in [0.717, 1.165) is 40.2 Å². The molecule has 0 aromatic carbocycles. The topological polar surface area (TPSA) is 72.5 Å². The van der Waals surface area contributed by atoms with Crippen LogP contribution in [0.4, 0.5) is 0 Å². The van der Waals surface area contributed by atoms with E-state index in [4.69, 9.17) is 0 Å². The SMILES string of the molecule is Cc1sc2ncn3c(=O)n(CC(=O)N4C[C@@H](C)C[C@H](C)C4)nc3c2c1C. The number of hydrogen-bond acceptors (Lipinski definition) is 5. The molecule has 1 saturated heterocycles. The van der Waals surface area contributed by atoms with Crippen LogP contribution < -0.4 is 5.69 Å². The summed E-state index contributed by atoms with van der Waals surface area (Å²) >= 11 is 1.59. The van der Waals surface area contributed by atoms with Gasteiger partial charge >= 0.3 is 5.69 Å². The highest BCUT2D eigenvalue weighted by Gasteiger charge is 2.26. The van der Waals surface area contributed by atoms with E-state index in [1.165, 1.54) is 15.4 Å². The Balaban J connectivity index is 1.71. The standard InChI is InChI=1S/C18H23N5O2S/c1-10-5-11(2)7-21(6-10)14(24)8-23-18(25)22-9-19-17-15(16(22)20-23)12(3)13(4)26-17/h9-11H,5-8H2,1-4H3/t10-,11-/m0/s1. The fourth-order valence-corrected chi connectivity index (χ4v) is 4.96. The van der Waals surface area contributed by atoms with Gasteiger partial charge in [-0.2, -0.15) is 0 Å². The molecule has 0 aliphatic carbocycles. The van der Waals surface area contributed by atoms with Gasteiger partial charge in [0.2, 0.25) is 5.91 Å². The van der Waals surface area contributed by atoms with Crippen LogP contribution in [0, 0.1) is 25.7 Å². The highest BCUT2D eigenvalue weighted by molar-refractivity contribution is 7.18. The third-order valence-corrected chi connectivity index (χ3v) is 6.37. The lowest BCUT2D eigenvalue weighted by Gasteiger charge is -2.34. The maximum atomic E-state index is 12.7. The first-order chi connectivity index (χ1) is 12.3. The van der Waals surface area contributed by atoms with Crippen molar-refractivity contribution in [3.8, 4) is 0 Å². The molecule has 0 N–H and O–H groups in total.